The van der Waals surface area contributed by atoms with Crippen LogP contribution in [0.2, 0.25) is 0 Å². The van der Waals surface area contributed by atoms with Crippen LogP contribution in [0.1, 0.15) is 17.5 Å². The molecule has 2 N–H and O–H groups in total. The monoisotopic (exact) mass is 293 g/mol. The molecule has 5 heteroatoms. The van der Waals surface area contributed by atoms with Crippen molar-refractivity contribution in [3.63, 3.8) is 0 Å². The minimum atomic E-state index is 0.102. The van der Waals surface area contributed by atoms with Gasteiger partial charge in [-0.25, -0.2) is 0 Å². The number of nitrogens with one attached hydrogen (secondary N) is 2. The van der Waals surface area contributed by atoms with Gasteiger partial charge in [0.15, 0.2) is 5.58 Å². The van der Waals surface area contributed by atoms with E-state index in [1.807, 2.05) is 36.4 Å². The predicted molar refractivity (Wildman–Crippen MR) is 83.9 cm³/mol. The van der Waals surface area contributed by atoms with Crippen molar-refractivity contribution in [3.05, 3.63) is 53.6 Å². The molecular formula is C17H15N3O2. The van der Waals surface area contributed by atoms with Crippen molar-refractivity contribution in [1.29, 1.82) is 0 Å². The average molecular weight is 293 g/mol. The van der Waals surface area contributed by atoms with Gasteiger partial charge >= 0.3 is 0 Å². The molecule has 4 rings (SSSR count). The Balaban J connectivity index is 1.62. The zero-order valence-corrected chi connectivity index (χ0v) is 11.9. The van der Waals surface area contributed by atoms with Crippen molar-refractivity contribution in [2.45, 2.75) is 19.4 Å². The molecule has 1 aliphatic rings. The lowest BCUT2D eigenvalue weighted by Crippen LogP contribution is -2.20. The number of oxazole rings is 1. The smallest absolute Gasteiger partial charge is 0.300 e. The highest BCUT2D eigenvalue weighted by Gasteiger charge is 2.13. The van der Waals surface area contributed by atoms with E-state index in [1.165, 1.54) is 5.56 Å². The number of anilines is 2. The van der Waals surface area contributed by atoms with Crippen LogP contribution >= 0.6 is 0 Å². The molecule has 0 saturated heterocycles. The standard InChI is InChI=1S/C17H15N3O2/c21-16-8-6-11-5-7-13(9-12(11)10-18-16)19-17-20-14-3-1-2-4-15(14)22-17/h1-5,7,9H,6,8,10H2,(H,18,21)(H,19,20). The summed E-state index contributed by atoms with van der Waals surface area (Å²) in [5.74, 6) is 0.102. The van der Waals surface area contributed by atoms with E-state index in [-0.39, 0.29) is 5.91 Å². The van der Waals surface area contributed by atoms with Gasteiger partial charge < -0.3 is 15.1 Å². The summed E-state index contributed by atoms with van der Waals surface area (Å²) in [4.78, 5) is 15.9. The number of nitrogens with zero attached hydrogens (tertiary/aromatic N) is 1. The van der Waals surface area contributed by atoms with E-state index in [0.717, 1.165) is 28.8 Å². The van der Waals surface area contributed by atoms with Gasteiger partial charge in [0.1, 0.15) is 5.52 Å². The fraction of sp³-hybridized carbons (Fsp3) is 0.176. The van der Waals surface area contributed by atoms with E-state index < -0.39 is 0 Å². The van der Waals surface area contributed by atoms with Gasteiger partial charge in [-0.3, -0.25) is 4.79 Å². The van der Waals surface area contributed by atoms with Crippen LogP contribution in [0, 0.1) is 0 Å². The van der Waals surface area contributed by atoms with Gasteiger partial charge in [-0.15, -0.1) is 0 Å². The molecule has 2 aromatic carbocycles. The van der Waals surface area contributed by atoms with Gasteiger partial charge in [0, 0.05) is 18.7 Å². The molecule has 3 aromatic rings. The normalized spacial score (nSPS) is 14.3. The van der Waals surface area contributed by atoms with E-state index in [0.29, 0.717) is 19.0 Å². The number of para-hydroxylation sites is 2. The predicted octanol–water partition coefficient (Wildman–Crippen LogP) is 3.13. The fourth-order valence-electron chi connectivity index (χ4n) is 2.69. The molecule has 0 atom stereocenters. The molecule has 0 aliphatic carbocycles. The van der Waals surface area contributed by atoms with Crippen LogP contribution in [0.3, 0.4) is 0 Å². The van der Waals surface area contributed by atoms with Crippen LogP contribution in [0.25, 0.3) is 11.1 Å². The Morgan fingerprint density at radius 1 is 1.09 bits per heavy atom. The molecule has 1 amide bonds. The minimum Gasteiger partial charge on any atom is -0.423 e. The number of aryl methyl sites for hydroxylation is 1. The molecular weight excluding hydrogens is 278 g/mol. The molecule has 1 aliphatic heterocycles. The highest BCUT2D eigenvalue weighted by molar-refractivity contribution is 5.77. The lowest BCUT2D eigenvalue weighted by molar-refractivity contribution is -0.121. The third-order valence-electron chi connectivity index (χ3n) is 3.85. The summed E-state index contributed by atoms with van der Waals surface area (Å²) in [7, 11) is 0. The summed E-state index contributed by atoms with van der Waals surface area (Å²) < 4.78 is 5.67. The van der Waals surface area contributed by atoms with Gasteiger partial charge in [-0.2, -0.15) is 4.98 Å². The van der Waals surface area contributed by atoms with Crippen LogP contribution in [0.5, 0.6) is 0 Å². The topological polar surface area (TPSA) is 67.2 Å². The van der Waals surface area contributed by atoms with Crippen molar-refractivity contribution in [2.24, 2.45) is 0 Å². The summed E-state index contributed by atoms with van der Waals surface area (Å²) in [5, 5.41) is 6.09. The summed E-state index contributed by atoms with van der Waals surface area (Å²) >= 11 is 0. The Morgan fingerprint density at radius 2 is 2.00 bits per heavy atom. The second kappa shape index (κ2) is 5.18. The second-order valence-electron chi connectivity index (χ2n) is 5.37. The molecule has 0 radical (unpaired) electrons. The number of carbonyl (C=O) groups excluding carboxylic acids is 1. The lowest BCUT2D eigenvalue weighted by atomic mass is 10.0. The number of fused-ring (bicyclic) bond motifs is 2. The second-order valence-corrected chi connectivity index (χ2v) is 5.37. The molecule has 0 bridgehead atoms. The molecule has 110 valence electrons. The average Bonchev–Trinajstić information content (AvgIpc) is 2.84. The van der Waals surface area contributed by atoms with E-state index in [4.69, 9.17) is 4.42 Å². The van der Waals surface area contributed by atoms with Crippen LogP contribution < -0.4 is 10.6 Å². The molecule has 1 aromatic heterocycles. The molecule has 0 spiro atoms. The van der Waals surface area contributed by atoms with Crippen molar-refractivity contribution < 1.29 is 9.21 Å². The third-order valence-corrected chi connectivity index (χ3v) is 3.85. The van der Waals surface area contributed by atoms with Crippen LogP contribution in [-0.4, -0.2) is 10.9 Å². The zero-order chi connectivity index (χ0) is 14.9. The SMILES string of the molecule is O=C1CCc2ccc(Nc3nc4ccccc4o3)cc2CN1. The largest absolute Gasteiger partial charge is 0.423 e. The number of hydrogen-bond donors (Lipinski definition) is 2. The molecule has 0 saturated carbocycles. The fourth-order valence-corrected chi connectivity index (χ4v) is 2.69. The molecule has 22 heavy (non-hydrogen) atoms. The maximum atomic E-state index is 11.5. The van der Waals surface area contributed by atoms with Crippen molar-refractivity contribution in [2.75, 3.05) is 5.32 Å². The van der Waals surface area contributed by atoms with Crippen LogP contribution in [-0.2, 0) is 17.8 Å². The van der Waals surface area contributed by atoms with Gasteiger partial charge in [0.2, 0.25) is 5.91 Å². The van der Waals surface area contributed by atoms with Gasteiger partial charge in [0.25, 0.3) is 6.01 Å². The maximum Gasteiger partial charge on any atom is 0.300 e. The maximum absolute atomic E-state index is 11.5. The molecule has 5 nitrogen and oxygen atoms in total. The summed E-state index contributed by atoms with van der Waals surface area (Å²) in [5.41, 5.74) is 4.83. The van der Waals surface area contributed by atoms with E-state index in [1.54, 1.807) is 0 Å². The first kappa shape index (κ1) is 12.9. The first-order valence-electron chi connectivity index (χ1n) is 7.29. The Morgan fingerprint density at radius 3 is 2.91 bits per heavy atom. The Kier molecular flexibility index (Phi) is 3.04. The zero-order valence-electron chi connectivity index (χ0n) is 11.9. The Hall–Kier alpha value is -2.82. The number of hydrogen-bond acceptors (Lipinski definition) is 4. The number of carbonyl (C=O) groups is 1. The Bertz CT molecular complexity index is 821. The van der Waals surface area contributed by atoms with Gasteiger partial charge in [-0.05, 0) is 41.8 Å². The van der Waals surface area contributed by atoms with E-state index >= 15 is 0 Å². The first-order chi connectivity index (χ1) is 10.8. The van der Waals surface area contributed by atoms with Crippen LogP contribution in [0.4, 0.5) is 11.7 Å². The van der Waals surface area contributed by atoms with E-state index in [9.17, 15) is 4.79 Å². The van der Waals surface area contributed by atoms with Gasteiger partial charge in [0.05, 0.1) is 0 Å². The molecule has 0 unspecified atom stereocenters. The summed E-state index contributed by atoms with van der Waals surface area (Å²) in [6.45, 7) is 0.567. The number of benzene rings is 2. The molecule has 2 heterocycles. The van der Waals surface area contributed by atoms with E-state index in [2.05, 4.69) is 21.7 Å². The quantitative estimate of drug-likeness (QED) is 0.761. The van der Waals surface area contributed by atoms with Crippen molar-refractivity contribution in [1.82, 2.24) is 10.3 Å². The van der Waals surface area contributed by atoms with Crippen molar-refractivity contribution in [3.8, 4) is 0 Å². The summed E-state index contributed by atoms with van der Waals surface area (Å²) in [6.07, 6.45) is 1.33. The van der Waals surface area contributed by atoms with Crippen LogP contribution in [0.15, 0.2) is 46.9 Å². The first-order valence-corrected chi connectivity index (χ1v) is 7.29. The lowest BCUT2D eigenvalue weighted by Gasteiger charge is -2.08. The molecule has 0 fully saturated rings. The highest BCUT2D eigenvalue weighted by atomic mass is 16.4. The third kappa shape index (κ3) is 2.41. The number of rotatable bonds is 2. The van der Waals surface area contributed by atoms with Gasteiger partial charge in [-0.1, -0.05) is 18.2 Å². The highest BCUT2D eigenvalue weighted by Crippen LogP contribution is 2.24. The minimum absolute atomic E-state index is 0.102. The Labute approximate surface area is 127 Å². The summed E-state index contributed by atoms with van der Waals surface area (Å²) in [6, 6.07) is 14.2. The number of amides is 1. The number of aromatic nitrogens is 1. The van der Waals surface area contributed by atoms with Crippen molar-refractivity contribution >= 4 is 28.7 Å².